The molecule has 1 aromatic carbocycles. The van der Waals surface area contributed by atoms with Crippen LogP contribution in [0.3, 0.4) is 0 Å². The van der Waals surface area contributed by atoms with Crippen LogP contribution >= 0.6 is 0 Å². The van der Waals surface area contributed by atoms with Crippen LogP contribution in [0.15, 0.2) is 46.2 Å². The summed E-state index contributed by atoms with van der Waals surface area (Å²) in [5.41, 5.74) is 1.28. The van der Waals surface area contributed by atoms with E-state index in [9.17, 15) is 13.2 Å². The molecule has 1 N–H and O–H groups in total. The number of nitrogens with one attached hydrogen (secondary N) is 1. The molecule has 0 aliphatic heterocycles. The van der Waals surface area contributed by atoms with Gasteiger partial charge in [-0.1, -0.05) is 17.7 Å². The van der Waals surface area contributed by atoms with Gasteiger partial charge in [0.1, 0.15) is 5.69 Å². The predicted octanol–water partition coefficient (Wildman–Crippen LogP) is 1.80. The van der Waals surface area contributed by atoms with E-state index in [1.54, 1.807) is 44.4 Å². The van der Waals surface area contributed by atoms with Gasteiger partial charge in [0.2, 0.25) is 0 Å². The molecule has 0 radical (unpaired) electrons. The number of anilines is 1. The van der Waals surface area contributed by atoms with Crippen LogP contribution in [0.2, 0.25) is 0 Å². The number of pyridine rings is 1. The van der Waals surface area contributed by atoms with Crippen molar-refractivity contribution in [1.29, 1.82) is 0 Å². The molecule has 0 amide bonds. The van der Waals surface area contributed by atoms with Gasteiger partial charge >= 0.3 is 0 Å². The Balaban J connectivity index is 2.46. The second kappa shape index (κ2) is 5.13. The van der Waals surface area contributed by atoms with E-state index in [-0.39, 0.29) is 16.1 Å². The molecule has 2 rings (SSSR count). The highest BCUT2D eigenvalue weighted by atomic mass is 32.2. The number of sulfonamides is 1. The Kier molecular flexibility index (Phi) is 3.67. The summed E-state index contributed by atoms with van der Waals surface area (Å²) in [6, 6.07) is 8.12. The first-order valence-electron chi connectivity index (χ1n) is 6.07. The fourth-order valence-corrected chi connectivity index (χ4v) is 3.26. The van der Waals surface area contributed by atoms with Gasteiger partial charge in [-0.15, -0.1) is 0 Å². The molecule has 0 fully saturated rings. The highest BCUT2D eigenvalue weighted by Gasteiger charge is 2.18. The van der Waals surface area contributed by atoms with Crippen LogP contribution in [0, 0.1) is 13.8 Å². The number of benzene rings is 1. The van der Waals surface area contributed by atoms with Gasteiger partial charge < -0.3 is 4.57 Å². The van der Waals surface area contributed by atoms with Crippen molar-refractivity contribution in [1.82, 2.24) is 4.57 Å². The van der Waals surface area contributed by atoms with Crippen molar-refractivity contribution in [2.24, 2.45) is 7.05 Å². The largest absolute Gasteiger partial charge is 0.317 e. The smallest absolute Gasteiger partial charge is 0.274 e. The van der Waals surface area contributed by atoms with E-state index in [0.29, 0.717) is 5.56 Å². The van der Waals surface area contributed by atoms with E-state index >= 15 is 0 Å². The van der Waals surface area contributed by atoms with Gasteiger partial charge in [-0.25, -0.2) is 8.42 Å². The number of hydrogen-bond acceptors (Lipinski definition) is 3. The van der Waals surface area contributed by atoms with Crippen LogP contribution in [0.1, 0.15) is 11.1 Å². The van der Waals surface area contributed by atoms with E-state index in [4.69, 9.17) is 0 Å². The van der Waals surface area contributed by atoms with Crippen molar-refractivity contribution in [3.63, 3.8) is 0 Å². The zero-order valence-corrected chi connectivity index (χ0v) is 12.4. The molecule has 20 heavy (non-hydrogen) atoms. The maximum absolute atomic E-state index is 12.3. The van der Waals surface area contributed by atoms with Crippen LogP contribution in [0.5, 0.6) is 0 Å². The van der Waals surface area contributed by atoms with Gasteiger partial charge in [0.15, 0.2) is 0 Å². The molecule has 0 aliphatic carbocycles. The first-order valence-corrected chi connectivity index (χ1v) is 7.55. The summed E-state index contributed by atoms with van der Waals surface area (Å²) in [5, 5.41) is 0. The van der Waals surface area contributed by atoms with Crippen LogP contribution in [0.4, 0.5) is 5.69 Å². The van der Waals surface area contributed by atoms with Crippen LogP contribution in [0.25, 0.3) is 0 Å². The molecule has 0 unspecified atom stereocenters. The van der Waals surface area contributed by atoms with Gasteiger partial charge in [0.25, 0.3) is 15.6 Å². The molecule has 0 spiro atoms. The Morgan fingerprint density at radius 1 is 1.15 bits per heavy atom. The highest BCUT2D eigenvalue weighted by Crippen LogP contribution is 2.18. The molecule has 0 aliphatic rings. The Labute approximate surface area is 117 Å². The van der Waals surface area contributed by atoms with E-state index in [0.717, 1.165) is 5.56 Å². The molecular weight excluding hydrogens is 276 g/mol. The van der Waals surface area contributed by atoms with Crippen molar-refractivity contribution >= 4 is 15.7 Å². The number of aryl methyl sites for hydroxylation is 3. The molecular formula is C14H16N2O3S. The standard InChI is InChI=1S/C14H16N2O3S/c1-10-6-7-13(11(2)9-10)20(18,19)15-12-5-4-8-16(3)14(12)17/h4-9,15H,1-3H3. The molecule has 0 saturated heterocycles. The first kappa shape index (κ1) is 14.3. The zero-order valence-electron chi connectivity index (χ0n) is 11.5. The predicted molar refractivity (Wildman–Crippen MR) is 78.4 cm³/mol. The average molecular weight is 292 g/mol. The van der Waals surface area contributed by atoms with Gasteiger partial charge in [-0.2, -0.15) is 0 Å². The number of nitrogens with zero attached hydrogens (tertiary/aromatic N) is 1. The Bertz CT molecular complexity index is 807. The van der Waals surface area contributed by atoms with E-state index < -0.39 is 10.0 Å². The summed E-state index contributed by atoms with van der Waals surface area (Å²) in [6.45, 7) is 3.62. The van der Waals surface area contributed by atoms with Crippen molar-refractivity contribution in [2.75, 3.05) is 4.72 Å². The zero-order chi connectivity index (χ0) is 14.9. The summed E-state index contributed by atoms with van der Waals surface area (Å²) in [4.78, 5) is 12.0. The van der Waals surface area contributed by atoms with E-state index in [2.05, 4.69) is 4.72 Å². The lowest BCUT2D eigenvalue weighted by Crippen LogP contribution is -2.24. The van der Waals surface area contributed by atoms with Crippen molar-refractivity contribution < 1.29 is 8.42 Å². The SMILES string of the molecule is Cc1ccc(S(=O)(=O)Nc2cccn(C)c2=O)c(C)c1. The summed E-state index contributed by atoms with van der Waals surface area (Å²) < 4.78 is 28.3. The highest BCUT2D eigenvalue weighted by molar-refractivity contribution is 7.92. The molecule has 1 aromatic heterocycles. The van der Waals surface area contributed by atoms with Crippen LogP contribution in [-0.4, -0.2) is 13.0 Å². The second-order valence-corrected chi connectivity index (χ2v) is 6.36. The molecule has 6 heteroatoms. The minimum absolute atomic E-state index is 0.0370. The number of aromatic nitrogens is 1. The third-order valence-electron chi connectivity index (χ3n) is 2.99. The van der Waals surface area contributed by atoms with Gasteiger partial charge in [0.05, 0.1) is 4.90 Å². The maximum Gasteiger partial charge on any atom is 0.274 e. The number of hydrogen-bond donors (Lipinski definition) is 1. The molecule has 0 atom stereocenters. The van der Waals surface area contributed by atoms with Crippen molar-refractivity contribution in [3.8, 4) is 0 Å². The first-order chi connectivity index (χ1) is 9.31. The quantitative estimate of drug-likeness (QED) is 0.938. The summed E-state index contributed by atoms with van der Waals surface area (Å²) in [7, 11) is -2.20. The van der Waals surface area contributed by atoms with Crippen molar-refractivity contribution in [2.45, 2.75) is 18.7 Å². The lowest BCUT2D eigenvalue weighted by atomic mass is 10.2. The van der Waals surface area contributed by atoms with Crippen LogP contribution < -0.4 is 10.3 Å². The monoisotopic (exact) mass is 292 g/mol. The lowest BCUT2D eigenvalue weighted by Gasteiger charge is -2.11. The fraction of sp³-hybridized carbons (Fsp3) is 0.214. The Morgan fingerprint density at radius 2 is 1.85 bits per heavy atom. The summed E-state index contributed by atoms with van der Waals surface area (Å²) in [5.74, 6) is 0. The molecule has 1 heterocycles. The molecule has 0 saturated carbocycles. The summed E-state index contributed by atoms with van der Waals surface area (Å²) in [6.07, 6.45) is 1.57. The second-order valence-electron chi connectivity index (χ2n) is 4.71. The Hall–Kier alpha value is -2.08. The molecule has 0 bridgehead atoms. The summed E-state index contributed by atoms with van der Waals surface area (Å²) >= 11 is 0. The molecule has 5 nitrogen and oxygen atoms in total. The molecule has 106 valence electrons. The van der Waals surface area contributed by atoms with E-state index in [1.165, 1.54) is 10.6 Å². The normalized spacial score (nSPS) is 11.3. The third kappa shape index (κ3) is 2.75. The van der Waals surface area contributed by atoms with Crippen LogP contribution in [-0.2, 0) is 17.1 Å². The average Bonchev–Trinajstić information content (AvgIpc) is 2.34. The van der Waals surface area contributed by atoms with Crippen molar-refractivity contribution in [3.05, 3.63) is 58.0 Å². The lowest BCUT2D eigenvalue weighted by molar-refractivity contribution is 0.600. The van der Waals surface area contributed by atoms with E-state index in [1.807, 2.05) is 6.92 Å². The fourth-order valence-electron chi connectivity index (χ4n) is 1.98. The minimum atomic E-state index is -3.76. The van der Waals surface area contributed by atoms with Gasteiger partial charge in [-0.05, 0) is 37.6 Å². The molecule has 2 aromatic rings. The number of rotatable bonds is 3. The topological polar surface area (TPSA) is 68.2 Å². The maximum atomic E-state index is 12.3. The van der Waals surface area contributed by atoms with Gasteiger partial charge in [-0.3, -0.25) is 9.52 Å². The minimum Gasteiger partial charge on any atom is -0.317 e. The Morgan fingerprint density at radius 3 is 2.50 bits per heavy atom. The van der Waals surface area contributed by atoms with Gasteiger partial charge in [0, 0.05) is 13.2 Å². The third-order valence-corrected chi connectivity index (χ3v) is 4.51.